The highest BCUT2D eigenvalue weighted by molar-refractivity contribution is 6.04. The fraction of sp³-hybridized carbons (Fsp3) is 0.476. The molecule has 0 amide bonds. The molecule has 1 aromatic heterocycles. The van der Waals surface area contributed by atoms with Crippen molar-refractivity contribution in [3.05, 3.63) is 52.6 Å². The zero-order chi connectivity index (χ0) is 19.1. The molecule has 1 unspecified atom stereocenters. The highest BCUT2D eigenvalue weighted by Gasteiger charge is 2.43. The van der Waals surface area contributed by atoms with Gasteiger partial charge >= 0.3 is 5.97 Å². The van der Waals surface area contributed by atoms with E-state index < -0.39 is 5.92 Å². The Bertz CT molecular complexity index is 804. The molecule has 0 saturated heterocycles. The molecular formula is C21H27N2O3+. The van der Waals surface area contributed by atoms with Crippen LogP contribution < -0.4 is 10.3 Å². The lowest BCUT2D eigenvalue weighted by molar-refractivity contribution is -0.378. The van der Waals surface area contributed by atoms with E-state index in [9.17, 15) is 9.59 Å². The van der Waals surface area contributed by atoms with E-state index in [1.807, 2.05) is 45.3 Å². The molecular weight excluding hydrogens is 328 g/mol. The molecule has 3 rings (SSSR count). The number of H-pyrrole nitrogens is 1. The van der Waals surface area contributed by atoms with E-state index in [4.69, 9.17) is 4.74 Å². The number of esters is 1. The van der Waals surface area contributed by atoms with Crippen LogP contribution in [0.15, 0.2) is 47.1 Å². The van der Waals surface area contributed by atoms with Crippen LogP contribution in [0.1, 0.15) is 58.9 Å². The Labute approximate surface area is 154 Å². The monoisotopic (exact) mass is 355 g/mol. The van der Waals surface area contributed by atoms with Gasteiger partial charge in [-0.3, -0.25) is 4.79 Å². The minimum absolute atomic E-state index is 0.0908. The maximum atomic E-state index is 13.0. The van der Waals surface area contributed by atoms with Gasteiger partial charge in [0.25, 0.3) is 0 Å². The molecule has 0 spiro atoms. The molecule has 5 heteroatoms. The zero-order valence-electron chi connectivity index (χ0n) is 16.1. The van der Waals surface area contributed by atoms with E-state index >= 15 is 0 Å². The number of aromatic amines is 1. The standard InChI is InChI=1S/C21H26N2O3/c1-12(2)26-20(25)17-13(3)23-15-9-21(4,5)10-16(24)19(15)18(17)14-7-6-8-22-11-14/h6-8,11-12,18,23H,9-10H2,1-5H3/p+1. The summed E-state index contributed by atoms with van der Waals surface area (Å²) in [5.41, 5.74) is 3.71. The predicted molar refractivity (Wildman–Crippen MR) is 97.9 cm³/mol. The largest absolute Gasteiger partial charge is 0.460 e. The van der Waals surface area contributed by atoms with E-state index in [1.165, 1.54) is 0 Å². The number of ether oxygens (including phenoxy) is 1. The van der Waals surface area contributed by atoms with Gasteiger partial charge in [-0.15, -0.1) is 0 Å². The molecule has 138 valence electrons. The predicted octanol–water partition coefficient (Wildman–Crippen LogP) is 3.06. The van der Waals surface area contributed by atoms with Gasteiger partial charge in [0.05, 0.1) is 17.6 Å². The zero-order valence-corrected chi connectivity index (χ0v) is 16.1. The molecule has 0 saturated carbocycles. The van der Waals surface area contributed by atoms with Crippen LogP contribution in [-0.2, 0) is 14.3 Å². The van der Waals surface area contributed by atoms with E-state index in [1.54, 1.807) is 0 Å². The minimum atomic E-state index is -0.404. The molecule has 1 aliphatic carbocycles. The number of carbonyl (C=O) groups excluding carboxylic acids is 2. The normalized spacial score (nSPS) is 22.2. The number of pyridine rings is 1. The Kier molecular flexibility index (Phi) is 4.74. The number of aromatic nitrogens is 1. The second-order valence-electron chi connectivity index (χ2n) is 8.22. The van der Waals surface area contributed by atoms with Crippen molar-refractivity contribution in [1.29, 1.82) is 0 Å². The molecule has 0 aromatic carbocycles. The number of nitrogens with one attached hydrogen (secondary N) is 2. The van der Waals surface area contributed by atoms with Crippen molar-refractivity contribution >= 4 is 11.8 Å². The number of hydrogen-bond acceptors (Lipinski definition) is 4. The average Bonchev–Trinajstić information content (AvgIpc) is 2.52. The van der Waals surface area contributed by atoms with Gasteiger partial charge in [0, 0.05) is 35.0 Å². The Hall–Kier alpha value is -2.43. The van der Waals surface area contributed by atoms with Gasteiger partial charge in [-0.2, -0.15) is 0 Å². The molecule has 26 heavy (non-hydrogen) atoms. The van der Waals surface area contributed by atoms with Crippen LogP contribution in [0.3, 0.4) is 0 Å². The van der Waals surface area contributed by atoms with E-state index in [0.717, 1.165) is 23.4 Å². The third kappa shape index (κ3) is 3.43. The van der Waals surface area contributed by atoms with E-state index in [0.29, 0.717) is 17.6 Å². The van der Waals surface area contributed by atoms with E-state index in [-0.39, 0.29) is 23.3 Å². The highest BCUT2D eigenvalue weighted by Crippen LogP contribution is 2.46. The molecule has 1 aromatic rings. The summed E-state index contributed by atoms with van der Waals surface area (Å²) >= 11 is 0. The minimum Gasteiger partial charge on any atom is -0.460 e. The number of allylic oxidation sites excluding steroid dienone is 3. The first-order valence-electron chi connectivity index (χ1n) is 9.10. The lowest BCUT2D eigenvalue weighted by Gasteiger charge is -2.39. The van der Waals surface area contributed by atoms with Crippen molar-refractivity contribution in [2.75, 3.05) is 0 Å². The molecule has 1 aliphatic heterocycles. The molecule has 0 radical (unpaired) electrons. The van der Waals surface area contributed by atoms with Crippen molar-refractivity contribution < 1.29 is 19.3 Å². The van der Waals surface area contributed by atoms with Gasteiger partial charge in [0.1, 0.15) is 0 Å². The molecule has 2 N–H and O–H groups in total. The number of rotatable bonds is 3. The summed E-state index contributed by atoms with van der Waals surface area (Å²) in [6.07, 6.45) is 4.71. The average molecular weight is 355 g/mol. The Morgan fingerprint density at radius 2 is 2.08 bits per heavy atom. The van der Waals surface area contributed by atoms with Crippen molar-refractivity contribution in [2.45, 2.75) is 59.5 Å². The number of ketones is 1. The lowest BCUT2D eigenvalue weighted by Crippen LogP contribution is -2.39. The second kappa shape index (κ2) is 6.71. The van der Waals surface area contributed by atoms with Crippen LogP contribution in [-0.4, -0.2) is 17.9 Å². The molecule has 5 nitrogen and oxygen atoms in total. The summed E-state index contributed by atoms with van der Waals surface area (Å²) in [5.74, 6) is -0.679. The SMILES string of the molecule is CC1=C(C(=O)OC(C)C)C(c2ccc[nH+]c2)C2=C(CC(C)(C)CC2=O)N1. The fourth-order valence-electron chi connectivity index (χ4n) is 3.90. The quantitative estimate of drug-likeness (QED) is 0.846. The summed E-state index contributed by atoms with van der Waals surface area (Å²) in [5, 5.41) is 3.34. The molecule has 1 atom stereocenters. The number of carbonyl (C=O) groups is 2. The summed E-state index contributed by atoms with van der Waals surface area (Å²) in [6, 6.07) is 3.83. The van der Waals surface area contributed by atoms with Crippen LogP contribution in [0.2, 0.25) is 0 Å². The highest BCUT2D eigenvalue weighted by atomic mass is 16.5. The molecule has 2 heterocycles. The Morgan fingerprint density at radius 3 is 2.69 bits per heavy atom. The third-order valence-electron chi connectivity index (χ3n) is 4.87. The number of dihydropyridines is 1. The van der Waals surface area contributed by atoms with Crippen molar-refractivity contribution in [3.8, 4) is 0 Å². The van der Waals surface area contributed by atoms with Crippen LogP contribution in [0, 0.1) is 5.41 Å². The summed E-state index contributed by atoms with van der Waals surface area (Å²) in [4.78, 5) is 29.0. The van der Waals surface area contributed by atoms with Gasteiger partial charge in [-0.1, -0.05) is 13.8 Å². The van der Waals surface area contributed by atoms with E-state index in [2.05, 4.69) is 24.1 Å². The first kappa shape index (κ1) is 18.4. The number of Topliss-reactive ketones (excluding diaryl/α,β-unsaturated/α-hetero) is 1. The number of hydrogen-bond donors (Lipinski definition) is 1. The first-order chi connectivity index (χ1) is 12.2. The van der Waals surface area contributed by atoms with Crippen molar-refractivity contribution in [2.24, 2.45) is 5.41 Å². The Morgan fingerprint density at radius 1 is 1.35 bits per heavy atom. The van der Waals surface area contributed by atoms with Crippen molar-refractivity contribution in [1.82, 2.24) is 5.32 Å². The van der Waals surface area contributed by atoms with Crippen LogP contribution in [0.5, 0.6) is 0 Å². The van der Waals surface area contributed by atoms with Crippen molar-refractivity contribution in [3.63, 3.8) is 0 Å². The van der Waals surface area contributed by atoms with Crippen LogP contribution in [0.25, 0.3) is 0 Å². The summed E-state index contributed by atoms with van der Waals surface area (Å²) in [6.45, 7) is 9.74. The van der Waals surface area contributed by atoms with Crippen LogP contribution >= 0.6 is 0 Å². The lowest BCUT2D eigenvalue weighted by atomic mass is 9.69. The second-order valence-corrected chi connectivity index (χ2v) is 8.22. The molecule has 2 aliphatic rings. The van der Waals surface area contributed by atoms with Gasteiger partial charge < -0.3 is 10.1 Å². The van der Waals surface area contributed by atoms with Gasteiger partial charge in [0.15, 0.2) is 18.2 Å². The first-order valence-corrected chi connectivity index (χ1v) is 9.10. The maximum absolute atomic E-state index is 13.0. The van der Waals surface area contributed by atoms with Gasteiger partial charge in [0.2, 0.25) is 0 Å². The maximum Gasteiger partial charge on any atom is 0.337 e. The topological polar surface area (TPSA) is 69.5 Å². The third-order valence-corrected chi connectivity index (χ3v) is 4.87. The Balaban J connectivity index is 2.14. The van der Waals surface area contributed by atoms with Crippen LogP contribution in [0.4, 0.5) is 0 Å². The van der Waals surface area contributed by atoms with Gasteiger partial charge in [-0.25, -0.2) is 9.78 Å². The summed E-state index contributed by atoms with van der Waals surface area (Å²) in [7, 11) is 0. The molecule has 0 fully saturated rings. The fourth-order valence-corrected chi connectivity index (χ4v) is 3.90. The van der Waals surface area contributed by atoms with Gasteiger partial charge in [-0.05, 0) is 38.7 Å². The summed E-state index contributed by atoms with van der Waals surface area (Å²) < 4.78 is 5.49. The smallest absolute Gasteiger partial charge is 0.337 e. The molecule has 0 bridgehead atoms.